The van der Waals surface area contributed by atoms with Crippen molar-refractivity contribution in [2.75, 3.05) is 6.54 Å². The van der Waals surface area contributed by atoms with Crippen LogP contribution in [-0.2, 0) is 6.42 Å². The van der Waals surface area contributed by atoms with Gasteiger partial charge in [0.2, 0.25) is 0 Å². The summed E-state index contributed by atoms with van der Waals surface area (Å²) in [4.78, 5) is 0. The zero-order valence-corrected chi connectivity index (χ0v) is 10.5. The van der Waals surface area contributed by atoms with Crippen LogP contribution >= 0.6 is 0 Å². The molecule has 1 aliphatic heterocycles. The Bertz CT molecular complexity index is 332. The smallest absolute Gasteiger partial charge is 0.0110 e. The lowest BCUT2D eigenvalue weighted by Gasteiger charge is -2.30. The Kier molecular flexibility index (Phi) is 4.00. The molecule has 1 heterocycles. The highest BCUT2D eigenvalue weighted by molar-refractivity contribution is 5.26. The van der Waals surface area contributed by atoms with Gasteiger partial charge in [0, 0.05) is 6.04 Å². The third-order valence-corrected chi connectivity index (χ3v) is 3.91. The maximum absolute atomic E-state index is 3.66. The van der Waals surface area contributed by atoms with Gasteiger partial charge in [-0.1, -0.05) is 37.6 Å². The van der Waals surface area contributed by atoms with Crippen molar-refractivity contribution in [3.8, 4) is 0 Å². The van der Waals surface area contributed by atoms with Crippen LogP contribution in [0.25, 0.3) is 0 Å². The van der Waals surface area contributed by atoms with E-state index in [2.05, 4.69) is 43.4 Å². The van der Waals surface area contributed by atoms with E-state index in [1.807, 2.05) is 0 Å². The molecule has 2 unspecified atom stereocenters. The molecule has 0 amide bonds. The SMILES string of the molecule is CCC1CCNC(Cc2ccccc2C)C1. The van der Waals surface area contributed by atoms with Crippen molar-refractivity contribution in [3.05, 3.63) is 35.4 Å². The summed E-state index contributed by atoms with van der Waals surface area (Å²) < 4.78 is 0. The summed E-state index contributed by atoms with van der Waals surface area (Å²) >= 11 is 0. The van der Waals surface area contributed by atoms with Gasteiger partial charge in [-0.2, -0.15) is 0 Å². The molecule has 0 saturated carbocycles. The summed E-state index contributed by atoms with van der Waals surface area (Å²) in [5.74, 6) is 0.940. The molecule has 2 atom stereocenters. The third kappa shape index (κ3) is 2.85. The Morgan fingerprint density at radius 1 is 1.31 bits per heavy atom. The van der Waals surface area contributed by atoms with Crippen molar-refractivity contribution in [2.24, 2.45) is 5.92 Å². The second-order valence-electron chi connectivity index (χ2n) is 5.08. The molecule has 1 aromatic rings. The summed E-state index contributed by atoms with van der Waals surface area (Å²) in [5, 5.41) is 3.66. The third-order valence-electron chi connectivity index (χ3n) is 3.91. The van der Waals surface area contributed by atoms with Crippen molar-refractivity contribution in [3.63, 3.8) is 0 Å². The monoisotopic (exact) mass is 217 g/mol. The number of hydrogen-bond donors (Lipinski definition) is 1. The van der Waals surface area contributed by atoms with Crippen molar-refractivity contribution in [1.29, 1.82) is 0 Å². The van der Waals surface area contributed by atoms with Gasteiger partial charge in [-0.05, 0) is 49.8 Å². The second-order valence-corrected chi connectivity index (χ2v) is 5.08. The molecule has 1 aromatic carbocycles. The maximum atomic E-state index is 3.66. The van der Waals surface area contributed by atoms with Crippen LogP contribution in [0.15, 0.2) is 24.3 Å². The zero-order chi connectivity index (χ0) is 11.4. The minimum absolute atomic E-state index is 0.694. The summed E-state index contributed by atoms with van der Waals surface area (Å²) in [7, 11) is 0. The predicted molar refractivity (Wildman–Crippen MR) is 69.7 cm³/mol. The standard InChI is InChI=1S/C15H23N/c1-3-13-8-9-16-15(10-13)11-14-7-5-4-6-12(14)2/h4-7,13,15-16H,3,8-11H2,1-2H3. The molecular weight excluding hydrogens is 194 g/mol. The normalized spacial score (nSPS) is 25.6. The lowest BCUT2D eigenvalue weighted by Crippen LogP contribution is -2.39. The molecule has 1 aliphatic rings. The van der Waals surface area contributed by atoms with E-state index < -0.39 is 0 Å². The van der Waals surface area contributed by atoms with Gasteiger partial charge >= 0.3 is 0 Å². The van der Waals surface area contributed by atoms with Crippen LogP contribution in [-0.4, -0.2) is 12.6 Å². The summed E-state index contributed by atoms with van der Waals surface area (Å²) in [5.41, 5.74) is 2.94. The van der Waals surface area contributed by atoms with E-state index in [1.54, 1.807) is 0 Å². The summed E-state index contributed by atoms with van der Waals surface area (Å²) in [6.45, 7) is 5.74. The molecule has 16 heavy (non-hydrogen) atoms. The first-order valence-corrected chi connectivity index (χ1v) is 6.57. The van der Waals surface area contributed by atoms with E-state index in [0.29, 0.717) is 6.04 Å². The van der Waals surface area contributed by atoms with Crippen LogP contribution in [0.5, 0.6) is 0 Å². The number of hydrogen-bond acceptors (Lipinski definition) is 1. The molecule has 0 aromatic heterocycles. The summed E-state index contributed by atoms with van der Waals surface area (Å²) in [6.07, 6.45) is 5.25. The Balaban J connectivity index is 1.97. The van der Waals surface area contributed by atoms with E-state index in [-0.39, 0.29) is 0 Å². The molecule has 1 saturated heterocycles. The number of rotatable bonds is 3. The van der Waals surface area contributed by atoms with Crippen LogP contribution in [0, 0.1) is 12.8 Å². The molecule has 2 rings (SSSR count). The largest absolute Gasteiger partial charge is 0.314 e. The average Bonchev–Trinajstić information content (AvgIpc) is 2.32. The van der Waals surface area contributed by atoms with Gasteiger partial charge in [0.1, 0.15) is 0 Å². The van der Waals surface area contributed by atoms with Crippen molar-refractivity contribution in [2.45, 2.75) is 45.6 Å². The molecule has 0 bridgehead atoms. The molecule has 1 fully saturated rings. The fraction of sp³-hybridized carbons (Fsp3) is 0.600. The number of nitrogens with one attached hydrogen (secondary N) is 1. The highest BCUT2D eigenvalue weighted by Crippen LogP contribution is 2.22. The van der Waals surface area contributed by atoms with E-state index in [9.17, 15) is 0 Å². The minimum atomic E-state index is 0.694. The molecular formula is C15H23N. The maximum Gasteiger partial charge on any atom is 0.0110 e. The van der Waals surface area contributed by atoms with Crippen LogP contribution in [0.4, 0.5) is 0 Å². The first kappa shape index (κ1) is 11.7. The van der Waals surface area contributed by atoms with Crippen LogP contribution in [0.1, 0.15) is 37.3 Å². The molecule has 0 aliphatic carbocycles. The quantitative estimate of drug-likeness (QED) is 0.819. The van der Waals surface area contributed by atoms with Crippen molar-refractivity contribution in [1.82, 2.24) is 5.32 Å². The van der Waals surface area contributed by atoms with Crippen molar-refractivity contribution < 1.29 is 0 Å². The number of benzene rings is 1. The van der Waals surface area contributed by atoms with Gasteiger partial charge in [-0.25, -0.2) is 0 Å². The number of aryl methyl sites for hydroxylation is 1. The Labute approximate surface area is 99.3 Å². The van der Waals surface area contributed by atoms with Crippen molar-refractivity contribution >= 4 is 0 Å². The lowest BCUT2D eigenvalue weighted by molar-refractivity contribution is 0.294. The lowest BCUT2D eigenvalue weighted by atomic mass is 9.87. The average molecular weight is 217 g/mol. The van der Waals surface area contributed by atoms with E-state index >= 15 is 0 Å². The molecule has 88 valence electrons. The van der Waals surface area contributed by atoms with Gasteiger partial charge in [0.05, 0.1) is 0 Å². The first-order valence-electron chi connectivity index (χ1n) is 6.57. The van der Waals surface area contributed by atoms with Gasteiger partial charge in [0.25, 0.3) is 0 Å². The highest BCUT2D eigenvalue weighted by atomic mass is 14.9. The highest BCUT2D eigenvalue weighted by Gasteiger charge is 2.20. The van der Waals surface area contributed by atoms with Gasteiger partial charge in [0.15, 0.2) is 0 Å². The van der Waals surface area contributed by atoms with E-state index in [0.717, 1.165) is 5.92 Å². The first-order chi connectivity index (χ1) is 7.79. The van der Waals surface area contributed by atoms with E-state index in [1.165, 1.54) is 43.4 Å². The second kappa shape index (κ2) is 5.49. The molecule has 0 spiro atoms. The Morgan fingerprint density at radius 2 is 2.12 bits per heavy atom. The minimum Gasteiger partial charge on any atom is -0.314 e. The Morgan fingerprint density at radius 3 is 2.88 bits per heavy atom. The fourth-order valence-electron chi connectivity index (χ4n) is 2.73. The van der Waals surface area contributed by atoms with Crippen LogP contribution in [0.2, 0.25) is 0 Å². The van der Waals surface area contributed by atoms with Gasteiger partial charge in [-0.3, -0.25) is 0 Å². The fourth-order valence-corrected chi connectivity index (χ4v) is 2.73. The Hall–Kier alpha value is -0.820. The van der Waals surface area contributed by atoms with Gasteiger partial charge < -0.3 is 5.32 Å². The van der Waals surface area contributed by atoms with Gasteiger partial charge in [-0.15, -0.1) is 0 Å². The van der Waals surface area contributed by atoms with E-state index in [4.69, 9.17) is 0 Å². The van der Waals surface area contributed by atoms with Crippen LogP contribution < -0.4 is 5.32 Å². The summed E-state index contributed by atoms with van der Waals surface area (Å²) in [6, 6.07) is 9.46. The van der Waals surface area contributed by atoms with Crippen LogP contribution in [0.3, 0.4) is 0 Å². The number of piperidine rings is 1. The molecule has 1 nitrogen and oxygen atoms in total. The molecule has 0 radical (unpaired) electrons. The zero-order valence-electron chi connectivity index (χ0n) is 10.5. The molecule has 1 heteroatoms. The molecule has 1 N–H and O–H groups in total. The predicted octanol–water partition coefficient (Wildman–Crippen LogP) is 3.32. The topological polar surface area (TPSA) is 12.0 Å².